The average Bonchev–Trinajstić information content (AvgIpc) is 3.80. The lowest BCUT2D eigenvalue weighted by atomic mass is 9.85. The van der Waals surface area contributed by atoms with Crippen molar-refractivity contribution in [1.29, 1.82) is 0 Å². The van der Waals surface area contributed by atoms with E-state index in [9.17, 15) is 14.4 Å². The number of imidazole rings is 1. The second kappa shape index (κ2) is 12.2. The first kappa shape index (κ1) is 28.9. The Morgan fingerprint density at radius 1 is 0.953 bits per heavy atom. The number of rotatable bonds is 11. The van der Waals surface area contributed by atoms with Crippen LogP contribution in [0.2, 0.25) is 0 Å². The van der Waals surface area contributed by atoms with E-state index in [1.165, 1.54) is 0 Å². The Bertz CT molecular complexity index is 1570. The number of piperidine rings is 1. The fourth-order valence-electron chi connectivity index (χ4n) is 6.96. The molecule has 1 amide bonds. The first-order valence-electron chi connectivity index (χ1n) is 15.5. The normalized spacial score (nSPS) is 18.7. The van der Waals surface area contributed by atoms with Crippen LogP contribution in [0.25, 0.3) is 12.2 Å². The quantitative estimate of drug-likeness (QED) is 0.292. The third kappa shape index (κ3) is 5.40. The van der Waals surface area contributed by atoms with Crippen molar-refractivity contribution in [3.05, 3.63) is 100 Å². The lowest BCUT2D eigenvalue weighted by Crippen LogP contribution is -2.56. The summed E-state index contributed by atoms with van der Waals surface area (Å²) in [5.41, 5.74) is 3.87. The average molecular weight is 580 g/mol. The summed E-state index contributed by atoms with van der Waals surface area (Å²) >= 11 is 0. The van der Waals surface area contributed by atoms with Gasteiger partial charge in [-0.2, -0.15) is 0 Å². The molecule has 0 unspecified atom stereocenters. The van der Waals surface area contributed by atoms with Crippen LogP contribution in [0.1, 0.15) is 72.4 Å². The van der Waals surface area contributed by atoms with Crippen LogP contribution >= 0.6 is 0 Å². The SMILES string of the molecule is C=Cc1c(/C=C\C)n(CCCN2CCC3(CC2)C(=O)N(Cc2ccccc2C=O)CN3c2ccccc2)c(=O)n1C1CC1. The standard InChI is InChI=1S/C35H41N5O3/c1-3-11-32-31(4-2)40(30-16-17-30)34(43)38(32)21-10-20-36-22-18-35(19-23-36)33(42)37(24-27-12-8-9-13-28(27)25-41)26-39(35)29-14-6-5-7-15-29/h3-9,11-15,25,30H,2,10,16-24,26H2,1H3/b11-3-. The number of aromatic nitrogens is 2. The summed E-state index contributed by atoms with van der Waals surface area (Å²) < 4.78 is 3.84. The van der Waals surface area contributed by atoms with Crippen LogP contribution < -0.4 is 10.6 Å². The second-order valence-electron chi connectivity index (χ2n) is 12.0. The first-order chi connectivity index (χ1) is 21.0. The molecule has 6 rings (SSSR count). The highest BCUT2D eigenvalue weighted by Gasteiger charge is 2.53. The van der Waals surface area contributed by atoms with Crippen LogP contribution in [0.5, 0.6) is 0 Å². The Morgan fingerprint density at radius 3 is 2.35 bits per heavy atom. The highest BCUT2D eigenvalue weighted by Crippen LogP contribution is 2.40. The number of amides is 1. The summed E-state index contributed by atoms with van der Waals surface area (Å²) in [6.07, 6.45) is 11.1. The van der Waals surface area contributed by atoms with Gasteiger partial charge in [-0.3, -0.25) is 18.7 Å². The zero-order chi connectivity index (χ0) is 30.0. The van der Waals surface area contributed by atoms with E-state index in [4.69, 9.17) is 0 Å². The van der Waals surface area contributed by atoms with Gasteiger partial charge in [-0.1, -0.05) is 55.1 Å². The molecule has 8 nitrogen and oxygen atoms in total. The monoisotopic (exact) mass is 579 g/mol. The minimum atomic E-state index is -0.607. The number of carbonyl (C=O) groups is 2. The molecule has 1 aromatic heterocycles. The van der Waals surface area contributed by atoms with E-state index < -0.39 is 5.54 Å². The van der Waals surface area contributed by atoms with Crippen LogP contribution in [-0.4, -0.2) is 63.0 Å². The summed E-state index contributed by atoms with van der Waals surface area (Å²) in [5.74, 6) is 0.137. The van der Waals surface area contributed by atoms with Gasteiger partial charge in [-0.15, -0.1) is 0 Å². The third-order valence-electron chi connectivity index (χ3n) is 9.34. The molecule has 1 saturated carbocycles. The topological polar surface area (TPSA) is 70.8 Å². The number of anilines is 1. The maximum atomic E-state index is 14.2. The maximum absolute atomic E-state index is 14.2. The van der Waals surface area contributed by atoms with Gasteiger partial charge in [-0.05, 0) is 75.4 Å². The van der Waals surface area contributed by atoms with Crippen molar-refractivity contribution in [2.24, 2.45) is 0 Å². The molecule has 43 heavy (non-hydrogen) atoms. The van der Waals surface area contributed by atoms with Crippen molar-refractivity contribution in [2.75, 3.05) is 31.2 Å². The van der Waals surface area contributed by atoms with Gasteiger partial charge >= 0.3 is 5.69 Å². The summed E-state index contributed by atoms with van der Waals surface area (Å²) in [4.78, 5) is 45.8. The molecule has 3 aromatic rings. The van der Waals surface area contributed by atoms with E-state index in [0.29, 0.717) is 31.4 Å². The van der Waals surface area contributed by atoms with Crippen LogP contribution in [0.4, 0.5) is 5.69 Å². The molecule has 3 fully saturated rings. The zero-order valence-corrected chi connectivity index (χ0v) is 25.0. The fourth-order valence-corrected chi connectivity index (χ4v) is 6.96. The molecule has 0 atom stereocenters. The Morgan fingerprint density at radius 2 is 1.67 bits per heavy atom. The maximum Gasteiger partial charge on any atom is 0.329 e. The molecule has 224 valence electrons. The predicted octanol–water partition coefficient (Wildman–Crippen LogP) is 5.20. The van der Waals surface area contributed by atoms with E-state index in [1.807, 2.05) is 75.6 Å². The van der Waals surface area contributed by atoms with Gasteiger partial charge in [0.1, 0.15) is 11.8 Å². The Kier molecular flexibility index (Phi) is 8.21. The van der Waals surface area contributed by atoms with Crippen LogP contribution in [0.3, 0.4) is 0 Å². The van der Waals surface area contributed by atoms with Crippen LogP contribution in [-0.2, 0) is 17.9 Å². The number of allylic oxidation sites excluding steroid dienone is 1. The summed E-state index contributed by atoms with van der Waals surface area (Å²) in [5, 5.41) is 0. The number of benzene rings is 2. The minimum absolute atomic E-state index is 0.0643. The number of para-hydroxylation sites is 1. The molecule has 0 N–H and O–H groups in total. The number of nitrogens with zero attached hydrogens (tertiary/aromatic N) is 5. The highest BCUT2D eigenvalue weighted by atomic mass is 16.2. The van der Waals surface area contributed by atoms with E-state index in [2.05, 4.69) is 28.5 Å². The van der Waals surface area contributed by atoms with Gasteiger partial charge in [0.15, 0.2) is 0 Å². The summed E-state index contributed by atoms with van der Waals surface area (Å²) in [6, 6.07) is 18.0. The van der Waals surface area contributed by atoms with Crippen molar-refractivity contribution in [3.63, 3.8) is 0 Å². The van der Waals surface area contributed by atoms with E-state index in [0.717, 1.165) is 80.7 Å². The van der Waals surface area contributed by atoms with Gasteiger partial charge in [0, 0.05) is 43.5 Å². The highest BCUT2D eigenvalue weighted by molar-refractivity contribution is 5.93. The Balaban J connectivity index is 1.15. The number of hydrogen-bond donors (Lipinski definition) is 0. The van der Waals surface area contributed by atoms with Gasteiger partial charge < -0.3 is 14.7 Å². The van der Waals surface area contributed by atoms with Crippen molar-refractivity contribution in [3.8, 4) is 0 Å². The lowest BCUT2D eigenvalue weighted by molar-refractivity contribution is -0.134. The summed E-state index contributed by atoms with van der Waals surface area (Å²) in [6.45, 7) is 10.0. The molecular formula is C35H41N5O3. The lowest BCUT2D eigenvalue weighted by Gasteiger charge is -2.43. The van der Waals surface area contributed by atoms with E-state index >= 15 is 0 Å². The molecule has 3 aliphatic rings. The summed E-state index contributed by atoms with van der Waals surface area (Å²) in [7, 11) is 0. The van der Waals surface area contributed by atoms with Crippen molar-refractivity contribution >= 4 is 30.0 Å². The molecule has 0 radical (unpaired) electrons. The molecular weight excluding hydrogens is 538 g/mol. The molecule has 0 bridgehead atoms. The van der Waals surface area contributed by atoms with Crippen molar-refractivity contribution < 1.29 is 9.59 Å². The van der Waals surface area contributed by atoms with Gasteiger partial charge in [-0.25, -0.2) is 4.79 Å². The van der Waals surface area contributed by atoms with Crippen LogP contribution in [0, 0.1) is 0 Å². The van der Waals surface area contributed by atoms with Gasteiger partial charge in [0.25, 0.3) is 0 Å². The Hall–Kier alpha value is -4.17. The molecule has 3 heterocycles. The van der Waals surface area contributed by atoms with Gasteiger partial charge in [0.2, 0.25) is 5.91 Å². The molecule has 1 spiro atoms. The number of carbonyl (C=O) groups excluding carboxylic acids is 2. The zero-order valence-electron chi connectivity index (χ0n) is 25.0. The Labute approximate surface area is 253 Å². The van der Waals surface area contributed by atoms with Crippen molar-refractivity contribution in [1.82, 2.24) is 18.9 Å². The number of hydrogen-bond acceptors (Lipinski definition) is 5. The molecule has 8 heteroatoms. The van der Waals surface area contributed by atoms with Crippen molar-refractivity contribution in [2.45, 2.75) is 63.7 Å². The second-order valence-corrected chi connectivity index (χ2v) is 12.0. The molecule has 1 aliphatic carbocycles. The van der Waals surface area contributed by atoms with Gasteiger partial charge in [0.05, 0.1) is 18.1 Å². The smallest absolute Gasteiger partial charge is 0.329 e. The molecule has 2 aromatic carbocycles. The van der Waals surface area contributed by atoms with E-state index in [-0.39, 0.29) is 11.6 Å². The first-order valence-corrected chi connectivity index (χ1v) is 15.5. The number of likely N-dealkylation sites (tertiary alicyclic amines) is 1. The van der Waals surface area contributed by atoms with Crippen LogP contribution in [0.15, 0.2) is 72.0 Å². The molecule has 2 aliphatic heterocycles. The largest absolute Gasteiger partial charge is 0.339 e. The van der Waals surface area contributed by atoms with E-state index in [1.54, 1.807) is 6.07 Å². The molecule has 2 saturated heterocycles. The predicted molar refractivity (Wildman–Crippen MR) is 171 cm³/mol. The fraction of sp³-hybridized carbons (Fsp3) is 0.400. The third-order valence-corrected chi connectivity index (χ3v) is 9.34. The number of aldehydes is 1. The minimum Gasteiger partial charge on any atom is -0.339 e.